The Hall–Kier alpha value is -2.09. The Bertz CT molecular complexity index is 912. The fourth-order valence-corrected chi connectivity index (χ4v) is 3.25. The lowest BCUT2D eigenvalue weighted by atomic mass is 10.1. The molecule has 1 heterocycles. The van der Waals surface area contributed by atoms with E-state index >= 15 is 0 Å². The van der Waals surface area contributed by atoms with Crippen LogP contribution in [0.4, 0.5) is 17.1 Å². The molecule has 1 aliphatic rings. The van der Waals surface area contributed by atoms with Crippen molar-refractivity contribution in [2.75, 3.05) is 16.4 Å². The maximum absolute atomic E-state index is 12.3. The minimum atomic E-state index is -3.96. The fourth-order valence-electron chi connectivity index (χ4n) is 2.57. The molecule has 3 N–H and O–H groups in total. The van der Waals surface area contributed by atoms with Crippen molar-refractivity contribution in [2.45, 2.75) is 12.8 Å². The third-order valence-electron chi connectivity index (χ3n) is 3.70. The van der Waals surface area contributed by atoms with Gasteiger partial charge in [0.1, 0.15) is 0 Å². The zero-order chi connectivity index (χ0) is 17.3. The molecule has 0 radical (unpaired) electrons. The molecule has 8 heteroatoms. The van der Waals surface area contributed by atoms with Crippen molar-refractivity contribution in [2.24, 2.45) is 0 Å². The van der Waals surface area contributed by atoms with Crippen LogP contribution in [-0.4, -0.2) is 24.6 Å². The van der Waals surface area contributed by atoms with Crippen molar-refractivity contribution in [3.8, 4) is 0 Å². The molecule has 0 bridgehead atoms. The van der Waals surface area contributed by atoms with Gasteiger partial charge in [-0.1, -0.05) is 17.7 Å². The summed E-state index contributed by atoms with van der Waals surface area (Å²) in [4.78, 5) is 12.3. The zero-order valence-corrected chi connectivity index (χ0v) is 14.1. The maximum atomic E-state index is 12.3. The second-order valence-corrected chi connectivity index (χ2v) is 7.55. The van der Waals surface area contributed by atoms with E-state index in [9.17, 15) is 13.2 Å². The number of nitrogens with one attached hydrogen (secondary N) is 2. The molecule has 0 saturated carbocycles. The average molecular weight is 367 g/mol. The van der Waals surface area contributed by atoms with E-state index in [2.05, 4.69) is 10.6 Å². The lowest BCUT2D eigenvalue weighted by Gasteiger charge is -2.10. The Morgan fingerprint density at radius 2 is 1.79 bits per heavy atom. The van der Waals surface area contributed by atoms with Gasteiger partial charge in [0, 0.05) is 5.02 Å². The van der Waals surface area contributed by atoms with E-state index < -0.39 is 10.1 Å². The molecule has 1 amide bonds. The topological polar surface area (TPSA) is 95.5 Å². The molecule has 126 valence electrons. The molecule has 1 aliphatic heterocycles. The molecule has 0 spiro atoms. The first-order valence-electron chi connectivity index (χ1n) is 7.28. The average Bonchev–Trinajstić information content (AvgIpc) is 2.61. The first-order chi connectivity index (χ1) is 11.3. The molecular weight excluding hydrogens is 352 g/mol. The van der Waals surface area contributed by atoms with Crippen LogP contribution in [0.1, 0.15) is 22.3 Å². The smallest absolute Gasteiger partial charge is 0.264 e. The van der Waals surface area contributed by atoms with E-state index in [-0.39, 0.29) is 11.7 Å². The van der Waals surface area contributed by atoms with Crippen LogP contribution in [0, 0.1) is 0 Å². The van der Waals surface area contributed by atoms with E-state index in [4.69, 9.17) is 16.2 Å². The summed E-state index contributed by atoms with van der Waals surface area (Å²) in [5.41, 5.74) is 3.31. The number of rotatable bonds is 4. The van der Waals surface area contributed by atoms with Crippen LogP contribution < -0.4 is 10.6 Å². The number of hydrogen-bond acceptors (Lipinski definition) is 4. The molecule has 0 unspecified atom stereocenters. The first-order valence-corrected chi connectivity index (χ1v) is 9.26. The van der Waals surface area contributed by atoms with Crippen molar-refractivity contribution in [3.05, 3.63) is 52.5 Å². The number of anilines is 3. The third kappa shape index (κ3) is 3.87. The van der Waals surface area contributed by atoms with Gasteiger partial charge in [0.15, 0.2) is 0 Å². The highest BCUT2D eigenvalue weighted by molar-refractivity contribution is 7.85. The van der Waals surface area contributed by atoms with Gasteiger partial charge < -0.3 is 10.6 Å². The number of amides is 1. The van der Waals surface area contributed by atoms with Crippen molar-refractivity contribution >= 4 is 44.7 Å². The molecule has 3 rings (SSSR count). The largest absolute Gasteiger partial charge is 0.353 e. The lowest BCUT2D eigenvalue weighted by molar-refractivity contribution is 0.102. The van der Waals surface area contributed by atoms with Crippen LogP contribution in [0.15, 0.2) is 36.4 Å². The Balaban J connectivity index is 1.84. The molecule has 0 atom stereocenters. The van der Waals surface area contributed by atoms with Gasteiger partial charge in [-0.2, -0.15) is 8.42 Å². The SMILES string of the molecule is O=C1Nc2cc(CCCS(=O)(=O)O)ccc2Nc2cc(Cl)ccc21. The molecule has 24 heavy (non-hydrogen) atoms. The summed E-state index contributed by atoms with van der Waals surface area (Å²) in [7, 11) is -3.96. The van der Waals surface area contributed by atoms with Crippen molar-refractivity contribution < 1.29 is 17.8 Å². The van der Waals surface area contributed by atoms with Crippen molar-refractivity contribution in [3.63, 3.8) is 0 Å². The standard InChI is InChI=1S/C16H15ClN2O4S/c17-11-4-5-12-14(9-11)18-13-6-3-10(2-1-7-24(21,22)23)8-15(13)19-16(12)20/h3-6,8-9,18H,1-2,7H2,(H,19,20)(H,21,22,23). The summed E-state index contributed by atoms with van der Waals surface area (Å²) in [6.45, 7) is 0. The summed E-state index contributed by atoms with van der Waals surface area (Å²) in [6, 6.07) is 10.4. The van der Waals surface area contributed by atoms with Crippen LogP contribution >= 0.6 is 11.6 Å². The summed E-state index contributed by atoms with van der Waals surface area (Å²) in [5, 5.41) is 6.54. The molecular formula is C16H15ClN2O4S. The first kappa shape index (κ1) is 16.8. The van der Waals surface area contributed by atoms with Gasteiger partial charge in [-0.05, 0) is 48.7 Å². The monoisotopic (exact) mass is 366 g/mol. The molecule has 0 fully saturated rings. The second-order valence-electron chi connectivity index (χ2n) is 5.54. The second kappa shape index (κ2) is 6.43. The Morgan fingerprint density at radius 3 is 2.54 bits per heavy atom. The highest BCUT2D eigenvalue weighted by Crippen LogP contribution is 2.34. The van der Waals surface area contributed by atoms with Crippen LogP contribution in [0.25, 0.3) is 0 Å². The predicted octanol–water partition coefficient (Wildman–Crippen LogP) is 3.47. The van der Waals surface area contributed by atoms with Gasteiger partial charge in [0.05, 0.1) is 28.4 Å². The van der Waals surface area contributed by atoms with Gasteiger partial charge in [-0.3, -0.25) is 9.35 Å². The molecule has 2 aromatic carbocycles. The third-order valence-corrected chi connectivity index (χ3v) is 4.74. The van der Waals surface area contributed by atoms with Crippen LogP contribution in [-0.2, 0) is 16.5 Å². The maximum Gasteiger partial charge on any atom is 0.264 e. The van der Waals surface area contributed by atoms with Crippen molar-refractivity contribution in [1.82, 2.24) is 0 Å². The highest BCUT2D eigenvalue weighted by atomic mass is 35.5. The van der Waals surface area contributed by atoms with E-state index in [1.54, 1.807) is 24.3 Å². The van der Waals surface area contributed by atoms with E-state index in [1.165, 1.54) is 0 Å². The number of fused-ring (bicyclic) bond motifs is 2. The van der Waals surface area contributed by atoms with Gasteiger partial charge in [-0.25, -0.2) is 0 Å². The Kier molecular flexibility index (Phi) is 4.49. The number of halogens is 1. The molecule has 0 aromatic heterocycles. The minimum absolute atomic E-state index is 0.247. The van der Waals surface area contributed by atoms with Crippen LogP contribution in [0.2, 0.25) is 5.02 Å². The Labute approximate surface area is 144 Å². The number of hydrogen-bond donors (Lipinski definition) is 3. The number of carbonyl (C=O) groups is 1. The molecule has 2 aromatic rings. The summed E-state index contributed by atoms with van der Waals surface area (Å²) >= 11 is 5.98. The summed E-state index contributed by atoms with van der Waals surface area (Å²) in [5.74, 6) is -0.540. The van der Waals surface area contributed by atoms with E-state index in [1.807, 2.05) is 12.1 Å². The zero-order valence-electron chi connectivity index (χ0n) is 12.5. The highest BCUT2D eigenvalue weighted by Gasteiger charge is 2.19. The van der Waals surface area contributed by atoms with E-state index in [0.717, 1.165) is 11.3 Å². The predicted molar refractivity (Wildman–Crippen MR) is 93.9 cm³/mol. The van der Waals surface area contributed by atoms with Gasteiger partial charge >= 0.3 is 0 Å². The number of carbonyl (C=O) groups excluding carboxylic acids is 1. The fraction of sp³-hybridized carbons (Fsp3) is 0.188. The lowest BCUT2D eigenvalue weighted by Crippen LogP contribution is -2.10. The number of benzene rings is 2. The Morgan fingerprint density at radius 1 is 1.00 bits per heavy atom. The number of aryl methyl sites for hydroxylation is 1. The van der Waals surface area contributed by atoms with Gasteiger partial charge in [-0.15, -0.1) is 0 Å². The van der Waals surface area contributed by atoms with Crippen LogP contribution in [0.3, 0.4) is 0 Å². The van der Waals surface area contributed by atoms with Gasteiger partial charge in [0.25, 0.3) is 16.0 Å². The molecule has 0 saturated heterocycles. The summed E-state index contributed by atoms with van der Waals surface area (Å²) in [6.07, 6.45) is 0.774. The normalized spacial score (nSPS) is 13.3. The van der Waals surface area contributed by atoms with Crippen LogP contribution in [0.5, 0.6) is 0 Å². The minimum Gasteiger partial charge on any atom is -0.353 e. The molecule has 6 nitrogen and oxygen atoms in total. The molecule has 0 aliphatic carbocycles. The van der Waals surface area contributed by atoms with Gasteiger partial charge in [0.2, 0.25) is 0 Å². The van der Waals surface area contributed by atoms with E-state index in [0.29, 0.717) is 34.8 Å². The van der Waals surface area contributed by atoms with Crippen molar-refractivity contribution in [1.29, 1.82) is 0 Å². The summed E-state index contributed by atoms with van der Waals surface area (Å²) < 4.78 is 30.3. The quantitative estimate of drug-likeness (QED) is 0.720.